The van der Waals surface area contributed by atoms with Crippen LogP contribution in [0, 0.1) is 6.92 Å². The molecule has 2 N–H and O–H groups in total. The molecule has 0 heterocycles. The van der Waals surface area contributed by atoms with Crippen molar-refractivity contribution >= 4 is 27.3 Å². The summed E-state index contributed by atoms with van der Waals surface area (Å²) in [6.45, 7) is 5.58. The third-order valence-electron chi connectivity index (χ3n) is 5.06. The zero-order chi connectivity index (χ0) is 23.3. The fourth-order valence-corrected chi connectivity index (χ4v) is 4.10. The summed E-state index contributed by atoms with van der Waals surface area (Å²) in [5.41, 5.74) is 3.12. The minimum Gasteiger partial charge on any atom is -0.348 e. The predicted octanol–water partition coefficient (Wildman–Crippen LogP) is 4.36. The highest BCUT2D eigenvalue weighted by molar-refractivity contribution is 7.92. The Bertz CT molecular complexity index is 1220. The number of aryl methyl sites for hydroxylation is 1. The second-order valence-corrected chi connectivity index (χ2v) is 10.3. The number of rotatable bonds is 7. The SMILES string of the molecule is Cc1ccc(CNC(=O)c2ccccc2NC(=O)c2ccc(S(=O)(=O)C(C)C)cc2)cc1. The molecule has 7 heteroatoms. The first-order valence-corrected chi connectivity index (χ1v) is 11.8. The van der Waals surface area contributed by atoms with Crippen LogP contribution in [0.2, 0.25) is 0 Å². The molecule has 0 fully saturated rings. The monoisotopic (exact) mass is 450 g/mol. The van der Waals surface area contributed by atoms with Gasteiger partial charge in [0, 0.05) is 12.1 Å². The fraction of sp³-hybridized carbons (Fsp3) is 0.200. The van der Waals surface area contributed by atoms with E-state index in [1.165, 1.54) is 24.3 Å². The molecule has 0 atom stereocenters. The highest BCUT2D eigenvalue weighted by atomic mass is 32.2. The molecule has 2 amide bonds. The Morgan fingerprint density at radius 1 is 0.844 bits per heavy atom. The number of carbonyl (C=O) groups excluding carboxylic acids is 2. The zero-order valence-corrected chi connectivity index (χ0v) is 19.1. The lowest BCUT2D eigenvalue weighted by molar-refractivity contribution is 0.0951. The van der Waals surface area contributed by atoms with Crippen molar-refractivity contribution in [2.24, 2.45) is 0 Å². The third kappa shape index (κ3) is 5.42. The molecule has 0 bridgehead atoms. The molecule has 32 heavy (non-hydrogen) atoms. The molecule has 0 aliphatic rings. The van der Waals surface area contributed by atoms with Gasteiger partial charge in [-0.1, -0.05) is 42.0 Å². The van der Waals surface area contributed by atoms with Crippen molar-refractivity contribution in [1.82, 2.24) is 5.32 Å². The Kier molecular flexibility index (Phi) is 7.10. The number of carbonyl (C=O) groups is 2. The molecule has 0 aliphatic carbocycles. The molecule has 0 spiro atoms. The summed E-state index contributed by atoms with van der Waals surface area (Å²) in [7, 11) is -3.41. The van der Waals surface area contributed by atoms with Gasteiger partial charge in [0.15, 0.2) is 9.84 Å². The summed E-state index contributed by atoms with van der Waals surface area (Å²) in [6, 6.07) is 20.4. The van der Waals surface area contributed by atoms with Crippen LogP contribution in [0.3, 0.4) is 0 Å². The maximum atomic E-state index is 12.7. The molecule has 0 unspecified atom stereocenters. The zero-order valence-electron chi connectivity index (χ0n) is 18.3. The number of benzene rings is 3. The van der Waals surface area contributed by atoms with Gasteiger partial charge in [-0.25, -0.2) is 8.42 Å². The maximum absolute atomic E-state index is 12.7. The van der Waals surface area contributed by atoms with Crippen LogP contribution in [0.5, 0.6) is 0 Å². The number of sulfone groups is 1. The summed E-state index contributed by atoms with van der Waals surface area (Å²) in [4.78, 5) is 25.6. The van der Waals surface area contributed by atoms with Crippen molar-refractivity contribution in [3.63, 3.8) is 0 Å². The summed E-state index contributed by atoms with van der Waals surface area (Å²) in [5, 5.41) is 5.06. The van der Waals surface area contributed by atoms with E-state index in [0.29, 0.717) is 23.4 Å². The van der Waals surface area contributed by atoms with Gasteiger partial charge in [-0.3, -0.25) is 9.59 Å². The summed E-state index contributed by atoms with van der Waals surface area (Å²) in [5.74, 6) is -0.739. The van der Waals surface area contributed by atoms with E-state index in [1.807, 2.05) is 31.2 Å². The number of para-hydroxylation sites is 1. The average Bonchev–Trinajstić information content (AvgIpc) is 2.78. The van der Waals surface area contributed by atoms with Gasteiger partial charge < -0.3 is 10.6 Å². The van der Waals surface area contributed by atoms with Gasteiger partial charge in [-0.15, -0.1) is 0 Å². The molecular formula is C25H26N2O4S. The van der Waals surface area contributed by atoms with Crippen LogP contribution in [-0.4, -0.2) is 25.5 Å². The van der Waals surface area contributed by atoms with E-state index < -0.39 is 21.0 Å². The minimum absolute atomic E-state index is 0.167. The molecule has 0 saturated carbocycles. The number of hydrogen-bond donors (Lipinski definition) is 2. The standard InChI is InChI=1S/C25H26N2O4S/c1-17(2)32(30,31)21-14-12-20(13-15-21)24(28)27-23-7-5-4-6-22(23)25(29)26-16-19-10-8-18(3)9-11-19/h4-15,17H,16H2,1-3H3,(H,26,29)(H,27,28). The van der Waals surface area contributed by atoms with E-state index in [-0.39, 0.29) is 10.8 Å². The molecule has 0 aliphatic heterocycles. The van der Waals surface area contributed by atoms with Crippen molar-refractivity contribution in [1.29, 1.82) is 0 Å². The van der Waals surface area contributed by atoms with Gasteiger partial charge >= 0.3 is 0 Å². The molecule has 3 rings (SSSR count). The van der Waals surface area contributed by atoms with E-state index in [2.05, 4.69) is 10.6 Å². The van der Waals surface area contributed by atoms with Crippen molar-refractivity contribution in [2.45, 2.75) is 37.5 Å². The first-order chi connectivity index (χ1) is 15.2. The molecule has 6 nitrogen and oxygen atoms in total. The maximum Gasteiger partial charge on any atom is 0.255 e. The van der Waals surface area contributed by atoms with Crippen LogP contribution in [-0.2, 0) is 16.4 Å². The summed E-state index contributed by atoms with van der Waals surface area (Å²) < 4.78 is 24.5. The summed E-state index contributed by atoms with van der Waals surface area (Å²) >= 11 is 0. The topological polar surface area (TPSA) is 92.3 Å². The van der Waals surface area contributed by atoms with Crippen LogP contribution in [0.1, 0.15) is 45.7 Å². The predicted molar refractivity (Wildman–Crippen MR) is 126 cm³/mol. The largest absolute Gasteiger partial charge is 0.348 e. The first-order valence-electron chi connectivity index (χ1n) is 10.3. The highest BCUT2D eigenvalue weighted by Gasteiger charge is 2.20. The summed E-state index contributed by atoms with van der Waals surface area (Å²) in [6.07, 6.45) is 0. The Morgan fingerprint density at radius 3 is 2.09 bits per heavy atom. The Hall–Kier alpha value is -3.45. The van der Waals surface area contributed by atoms with Crippen LogP contribution < -0.4 is 10.6 Å². The molecule has 3 aromatic rings. The van der Waals surface area contributed by atoms with Crippen molar-refractivity contribution in [3.8, 4) is 0 Å². The molecular weight excluding hydrogens is 424 g/mol. The Balaban J connectivity index is 1.72. The lowest BCUT2D eigenvalue weighted by Gasteiger charge is -2.12. The number of hydrogen-bond acceptors (Lipinski definition) is 4. The quantitative estimate of drug-likeness (QED) is 0.559. The lowest BCUT2D eigenvalue weighted by Crippen LogP contribution is -2.25. The van der Waals surface area contributed by atoms with Gasteiger partial charge in [0.2, 0.25) is 0 Å². The molecule has 3 aromatic carbocycles. The second-order valence-electron chi connectivity index (χ2n) is 7.79. The molecule has 0 saturated heterocycles. The van der Waals surface area contributed by atoms with Crippen LogP contribution >= 0.6 is 0 Å². The second kappa shape index (κ2) is 9.78. The first kappa shape index (κ1) is 23.2. The van der Waals surface area contributed by atoms with Crippen LogP contribution in [0.15, 0.2) is 77.7 Å². The minimum atomic E-state index is -3.41. The average molecular weight is 451 g/mol. The smallest absolute Gasteiger partial charge is 0.255 e. The third-order valence-corrected chi connectivity index (χ3v) is 7.23. The van der Waals surface area contributed by atoms with E-state index in [0.717, 1.165) is 11.1 Å². The molecule has 166 valence electrons. The van der Waals surface area contributed by atoms with Crippen molar-refractivity contribution < 1.29 is 18.0 Å². The van der Waals surface area contributed by atoms with Crippen LogP contribution in [0.25, 0.3) is 0 Å². The highest BCUT2D eigenvalue weighted by Crippen LogP contribution is 2.19. The van der Waals surface area contributed by atoms with Gasteiger partial charge in [0.05, 0.1) is 21.4 Å². The van der Waals surface area contributed by atoms with Gasteiger partial charge in [0.1, 0.15) is 0 Å². The number of anilines is 1. The normalized spacial score (nSPS) is 11.2. The number of nitrogens with one attached hydrogen (secondary N) is 2. The Morgan fingerprint density at radius 2 is 1.47 bits per heavy atom. The van der Waals surface area contributed by atoms with Crippen molar-refractivity contribution in [3.05, 3.63) is 95.1 Å². The van der Waals surface area contributed by atoms with Crippen molar-refractivity contribution in [2.75, 3.05) is 5.32 Å². The molecule has 0 aromatic heterocycles. The van der Waals surface area contributed by atoms with E-state index in [1.54, 1.807) is 38.1 Å². The van der Waals surface area contributed by atoms with Gasteiger partial charge in [0.25, 0.3) is 11.8 Å². The van der Waals surface area contributed by atoms with Gasteiger partial charge in [-0.2, -0.15) is 0 Å². The fourth-order valence-electron chi connectivity index (χ4n) is 3.04. The van der Waals surface area contributed by atoms with E-state index >= 15 is 0 Å². The number of amides is 2. The van der Waals surface area contributed by atoms with E-state index in [4.69, 9.17) is 0 Å². The lowest BCUT2D eigenvalue weighted by atomic mass is 10.1. The molecule has 0 radical (unpaired) electrons. The van der Waals surface area contributed by atoms with Gasteiger partial charge in [-0.05, 0) is 62.7 Å². The van der Waals surface area contributed by atoms with E-state index in [9.17, 15) is 18.0 Å². The van der Waals surface area contributed by atoms with Crippen LogP contribution in [0.4, 0.5) is 5.69 Å². The Labute approximate surface area is 188 Å².